The van der Waals surface area contributed by atoms with Crippen molar-refractivity contribution < 1.29 is 45.1 Å². The maximum Gasteiger partial charge on any atom is 0.573 e. The van der Waals surface area contributed by atoms with Crippen LogP contribution in [0.4, 0.5) is 13.2 Å². The van der Waals surface area contributed by atoms with Crippen LogP contribution in [0.5, 0.6) is 11.5 Å². The Bertz CT molecular complexity index is 1010. The lowest BCUT2D eigenvalue weighted by atomic mass is 9.50. The predicted molar refractivity (Wildman–Crippen MR) is 110 cm³/mol. The van der Waals surface area contributed by atoms with E-state index in [-0.39, 0.29) is 23.1 Å². The van der Waals surface area contributed by atoms with Crippen LogP contribution in [-0.2, 0) is 14.9 Å². The zero-order chi connectivity index (χ0) is 24.0. The van der Waals surface area contributed by atoms with Crippen LogP contribution >= 0.6 is 0 Å². The Morgan fingerprint density at radius 2 is 1.73 bits per heavy atom. The van der Waals surface area contributed by atoms with Crippen molar-refractivity contribution in [3.05, 3.63) is 36.4 Å². The second kappa shape index (κ2) is 8.50. The Labute approximate surface area is 189 Å². The predicted octanol–water partition coefficient (Wildman–Crippen LogP) is 4.39. The smallest absolute Gasteiger partial charge is 0.479 e. The highest BCUT2D eigenvalue weighted by molar-refractivity contribution is 7.85. The first-order valence-electron chi connectivity index (χ1n) is 10.7. The topological polar surface area (TPSA) is 99.1 Å². The van der Waals surface area contributed by atoms with Gasteiger partial charge in [-0.15, -0.1) is 13.2 Å². The molecule has 0 atom stereocenters. The average Bonchev–Trinajstić information content (AvgIpc) is 2.69. The van der Waals surface area contributed by atoms with E-state index < -0.39 is 46.2 Å². The number of hydrogen-bond donors (Lipinski definition) is 1. The minimum Gasteiger partial charge on any atom is -0.479 e. The van der Waals surface area contributed by atoms with Crippen LogP contribution in [0.2, 0.25) is 0 Å². The molecule has 1 aromatic rings. The van der Waals surface area contributed by atoms with Crippen LogP contribution in [0.3, 0.4) is 0 Å². The number of carbonyl (C=O) groups is 1. The van der Waals surface area contributed by atoms with E-state index in [2.05, 4.69) is 11.3 Å². The van der Waals surface area contributed by atoms with E-state index >= 15 is 0 Å². The Hall–Kier alpha value is -2.27. The summed E-state index contributed by atoms with van der Waals surface area (Å²) >= 11 is 0. The summed E-state index contributed by atoms with van der Waals surface area (Å²) in [5.41, 5.74) is -1.01. The monoisotopic (exact) mass is 490 g/mol. The molecule has 5 rings (SSSR count). The number of rotatable bonds is 8. The molecule has 1 aromatic carbocycles. The molecular formula is C22H25F3O7S. The fraction of sp³-hybridized carbons (Fsp3) is 0.591. The quantitative estimate of drug-likeness (QED) is 0.328. The van der Waals surface area contributed by atoms with Gasteiger partial charge in [-0.2, -0.15) is 8.42 Å². The number of halogens is 3. The lowest BCUT2D eigenvalue weighted by molar-refractivity contribution is -0.275. The first-order valence-corrected chi connectivity index (χ1v) is 12.3. The summed E-state index contributed by atoms with van der Waals surface area (Å²) < 4.78 is 84.7. The first kappa shape index (κ1) is 23.9. The van der Waals surface area contributed by atoms with Crippen molar-refractivity contribution in [2.75, 3.05) is 12.4 Å². The van der Waals surface area contributed by atoms with Crippen LogP contribution < -0.4 is 9.47 Å². The Morgan fingerprint density at radius 1 is 1.12 bits per heavy atom. The second-order valence-electron chi connectivity index (χ2n) is 9.10. The highest BCUT2D eigenvalue weighted by Crippen LogP contribution is 2.60. The van der Waals surface area contributed by atoms with Crippen molar-refractivity contribution in [1.29, 1.82) is 0 Å². The van der Waals surface area contributed by atoms with Crippen LogP contribution in [0, 0.1) is 23.7 Å². The van der Waals surface area contributed by atoms with Gasteiger partial charge in [-0.3, -0.25) is 4.55 Å². The van der Waals surface area contributed by atoms with Crippen molar-refractivity contribution in [2.45, 2.75) is 44.1 Å². The number of hydrogen-bond acceptors (Lipinski definition) is 6. The minimum absolute atomic E-state index is 0.107. The summed E-state index contributed by atoms with van der Waals surface area (Å²) in [6, 6.07) is 3.14. The van der Waals surface area contributed by atoms with Gasteiger partial charge in [0.2, 0.25) is 0 Å². The second-order valence-corrected chi connectivity index (χ2v) is 10.7. The molecule has 0 spiro atoms. The Morgan fingerprint density at radius 3 is 2.24 bits per heavy atom. The molecule has 0 heterocycles. The largest absolute Gasteiger partial charge is 0.573 e. The summed E-state index contributed by atoms with van der Waals surface area (Å²) in [5, 5.41) is 0. The van der Waals surface area contributed by atoms with Crippen LogP contribution in [0.15, 0.2) is 30.9 Å². The molecule has 0 amide bonds. The normalized spacial score (nSPS) is 30.7. The highest BCUT2D eigenvalue weighted by Gasteiger charge is 2.58. The molecular weight excluding hydrogens is 465 g/mol. The van der Waals surface area contributed by atoms with Crippen molar-refractivity contribution >= 4 is 16.1 Å². The van der Waals surface area contributed by atoms with Crippen molar-refractivity contribution in [1.82, 2.24) is 0 Å². The minimum atomic E-state index is -4.97. The van der Waals surface area contributed by atoms with Gasteiger partial charge in [0.25, 0.3) is 10.1 Å². The molecule has 11 heteroatoms. The van der Waals surface area contributed by atoms with Crippen molar-refractivity contribution in [2.24, 2.45) is 23.7 Å². The first-order chi connectivity index (χ1) is 15.4. The lowest BCUT2D eigenvalue weighted by Crippen LogP contribution is -2.59. The van der Waals surface area contributed by atoms with Gasteiger partial charge in [0.05, 0.1) is 5.56 Å². The van der Waals surface area contributed by atoms with E-state index in [1.54, 1.807) is 6.08 Å². The number of carbonyl (C=O) groups excluding carboxylic acids is 1. The Balaban J connectivity index is 1.62. The van der Waals surface area contributed by atoms with Gasteiger partial charge in [0.1, 0.15) is 18.0 Å². The van der Waals surface area contributed by atoms with E-state index in [0.717, 1.165) is 43.9 Å². The van der Waals surface area contributed by atoms with Gasteiger partial charge >= 0.3 is 12.3 Å². The molecule has 0 saturated heterocycles. The van der Waals surface area contributed by atoms with Gasteiger partial charge < -0.3 is 14.2 Å². The highest BCUT2D eigenvalue weighted by atomic mass is 32.2. The van der Waals surface area contributed by atoms with Crippen molar-refractivity contribution in [3.8, 4) is 11.5 Å². The molecule has 0 aromatic heterocycles. The van der Waals surface area contributed by atoms with Crippen molar-refractivity contribution in [3.63, 3.8) is 0 Å². The summed E-state index contributed by atoms with van der Waals surface area (Å²) in [6.45, 7) is 3.33. The van der Waals surface area contributed by atoms with Gasteiger partial charge in [-0.05, 0) is 68.2 Å². The van der Waals surface area contributed by atoms with E-state index in [0.29, 0.717) is 11.8 Å². The molecule has 4 saturated carbocycles. The number of esters is 1. The fourth-order valence-electron chi connectivity index (χ4n) is 5.90. The van der Waals surface area contributed by atoms with E-state index in [4.69, 9.17) is 14.0 Å². The maximum atomic E-state index is 13.0. The molecule has 0 aliphatic heterocycles. The van der Waals surface area contributed by atoms with Gasteiger partial charge in [0, 0.05) is 11.8 Å². The molecule has 1 N–H and O–H groups in total. The SMILES string of the molecule is C=CC1(Oc2cc(C(=O)OCCS(=O)(=O)O)ccc2OC(F)(F)F)C2CC3CC(C2)CC1C3. The van der Waals surface area contributed by atoms with E-state index in [9.17, 15) is 26.4 Å². The molecule has 4 aliphatic carbocycles. The average molecular weight is 490 g/mol. The molecule has 7 nitrogen and oxygen atoms in total. The maximum absolute atomic E-state index is 13.0. The number of ether oxygens (including phenoxy) is 3. The molecule has 33 heavy (non-hydrogen) atoms. The summed E-state index contributed by atoms with van der Waals surface area (Å²) in [5.74, 6) is -1.25. The van der Waals surface area contributed by atoms with Crippen LogP contribution in [-0.4, -0.2) is 43.3 Å². The van der Waals surface area contributed by atoms with E-state index in [1.807, 2.05) is 0 Å². The van der Waals surface area contributed by atoms with Gasteiger partial charge in [-0.25, -0.2) is 4.79 Å². The number of alkyl halides is 3. The van der Waals surface area contributed by atoms with Gasteiger partial charge in [0.15, 0.2) is 11.5 Å². The number of benzene rings is 1. The third kappa shape index (κ3) is 5.13. The Kier molecular flexibility index (Phi) is 6.15. The molecule has 0 unspecified atom stereocenters. The molecule has 4 fully saturated rings. The zero-order valence-electron chi connectivity index (χ0n) is 17.7. The van der Waals surface area contributed by atoms with Gasteiger partial charge in [-0.1, -0.05) is 6.58 Å². The third-order valence-electron chi connectivity index (χ3n) is 7.00. The summed E-state index contributed by atoms with van der Waals surface area (Å²) in [7, 11) is -4.34. The summed E-state index contributed by atoms with van der Waals surface area (Å²) in [4.78, 5) is 12.3. The lowest BCUT2D eigenvalue weighted by Gasteiger charge is -2.59. The molecule has 182 valence electrons. The standard InChI is InChI=1S/C22H25F3O7S/c1-2-21(16-8-13-7-14(10-16)11-17(21)9-13)31-19-12-15(3-4-18(19)32-22(23,24)25)20(26)30-5-6-33(27,28)29/h2-4,12-14,16-17H,1,5-11H2,(H,27,28,29). The molecule has 4 aliphatic rings. The molecule has 0 radical (unpaired) electrons. The van der Waals surface area contributed by atoms with E-state index in [1.165, 1.54) is 6.42 Å². The zero-order valence-corrected chi connectivity index (χ0v) is 18.5. The van der Waals surface area contributed by atoms with Crippen LogP contribution in [0.1, 0.15) is 42.5 Å². The van der Waals surface area contributed by atoms with Crippen LogP contribution in [0.25, 0.3) is 0 Å². The fourth-order valence-corrected chi connectivity index (χ4v) is 6.19. The molecule has 4 bridgehead atoms. The third-order valence-corrected chi connectivity index (χ3v) is 7.68. The summed E-state index contributed by atoms with van der Waals surface area (Å²) in [6.07, 6.45) is 1.51.